The molecule has 304 valence electrons. The first kappa shape index (κ1) is 42.9. The SMILES string of the molecule is COCCOCCOCCOc1cc(Cc2cc(Oc3ccc(NC(=O)Nc4cc(C(C)(C)C)cc(P(C)(C)=O)c4OC)c4ccccc34)ncn2)cc(OC)c1. The average Bonchev–Trinajstić information content (AvgIpc) is 3.17. The average molecular weight is 801 g/mol. The molecule has 0 saturated carbocycles. The third-order valence-electron chi connectivity index (χ3n) is 8.87. The van der Waals surface area contributed by atoms with Gasteiger partial charge in [0.1, 0.15) is 37.3 Å². The Labute approximate surface area is 334 Å². The summed E-state index contributed by atoms with van der Waals surface area (Å²) in [5, 5.41) is 8.02. The quantitative estimate of drug-likeness (QED) is 0.0614. The van der Waals surface area contributed by atoms with Crippen LogP contribution in [0.1, 0.15) is 37.6 Å². The third-order valence-corrected chi connectivity index (χ3v) is 10.4. The molecule has 13 nitrogen and oxygen atoms in total. The number of carbonyl (C=O) groups excluding carboxylic acids is 1. The molecule has 14 heteroatoms. The lowest BCUT2D eigenvalue weighted by molar-refractivity contribution is 0.0179. The Bertz CT molecular complexity index is 2180. The number of aromatic nitrogens is 2. The highest BCUT2D eigenvalue weighted by molar-refractivity contribution is 7.70. The van der Waals surface area contributed by atoms with Crippen LogP contribution in [0.5, 0.6) is 28.9 Å². The van der Waals surface area contributed by atoms with E-state index in [1.807, 2.05) is 54.6 Å². The molecular weight excluding hydrogens is 747 g/mol. The molecule has 57 heavy (non-hydrogen) atoms. The molecule has 0 bridgehead atoms. The maximum absolute atomic E-state index is 13.5. The van der Waals surface area contributed by atoms with Crippen molar-refractivity contribution in [3.8, 4) is 28.9 Å². The minimum Gasteiger partial charge on any atom is -0.497 e. The second-order valence-electron chi connectivity index (χ2n) is 14.6. The molecule has 0 aliphatic carbocycles. The predicted molar refractivity (Wildman–Crippen MR) is 224 cm³/mol. The number of hydrogen-bond acceptors (Lipinski definition) is 11. The second-order valence-corrected chi connectivity index (χ2v) is 17.8. The van der Waals surface area contributed by atoms with E-state index in [4.69, 9.17) is 33.2 Å². The number of nitrogens with zero attached hydrogens (tertiary/aromatic N) is 2. The summed E-state index contributed by atoms with van der Waals surface area (Å²) in [5.74, 6) is 2.59. The van der Waals surface area contributed by atoms with Gasteiger partial charge in [0, 0.05) is 36.4 Å². The monoisotopic (exact) mass is 800 g/mol. The molecule has 5 aromatic rings. The standard InChI is InChI=1S/C43H53N4O9P/c1-43(2,3)30-24-37(41(52-6)39(25-30)57(7,8)49)47-42(48)46-36-13-14-38(35-12-10-9-11-34(35)36)56-40-26-31(44-28-45-40)21-29-22-32(51-5)27-33(23-29)55-20-19-54-18-17-53-16-15-50-4/h9-14,22-28H,15-21H2,1-8H3,(H2,46,47,48). The van der Waals surface area contributed by atoms with Gasteiger partial charge in [0.25, 0.3) is 0 Å². The molecule has 5 rings (SSSR count). The number of methoxy groups -OCH3 is 3. The van der Waals surface area contributed by atoms with Crippen LogP contribution in [-0.2, 0) is 30.6 Å². The van der Waals surface area contributed by atoms with E-state index >= 15 is 0 Å². The van der Waals surface area contributed by atoms with Gasteiger partial charge in [-0.25, -0.2) is 14.8 Å². The van der Waals surface area contributed by atoms with E-state index in [1.54, 1.807) is 45.7 Å². The van der Waals surface area contributed by atoms with Crippen molar-refractivity contribution in [1.29, 1.82) is 0 Å². The topological polar surface area (TPSA) is 149 Å². The van der Waals surface area contributed by atoms with Gasteiger partial charge >= 0.3 is 6.03 Å². The Hall–Kier alpha value is -5.20. The van der Waals surface area contributed by atoms with Crippen molar-refractivity contribution in [2.75, 3.05) is 84.9 Å². The zero-order valence-electron chi connectivity index (χ0n) is 34.0. The zero-order chi connectivity index (χ0) is 41.0. The van der Waals surface area contributed by atoms with E-state index in [9.17, 15) is 9.36 Å². The van der Waals surface area contributed by atoms with Crippen molar-refractivity contribution >= 4 is 40.6 Å². The molecule has 0 fully saturated rings. The van der Waals surface area contributed by atoms with Crippen molar-refractivity contribution in [1.82, 2.24) is 9.97 Å². The summed E-state index contributed by atoms with van der Waals surface area (Å²) in [6.07, 6.45) is 1.94. The van der Waals surface area contributed by atoms with Crippen molar-refractivity contribution in [2.24, 2.45) is 0 Å². The van der Waals surface area contributed by atoms with Crippen LogP contribution < -0.4 is 34.9 Å². The number of anilines is 2. The summed E-state index contributed by atoms with van der Waals surface area (Å²) in [5.41, 5.74) is 3.32. The molecule has 0 spiro atoms. The van der Waals surface area contributed by atoms with E-state index in [-0.39, 0.29) is 5.41 Å². The zero-order valence-corrected chi connectivity index (χ0v) is 34.9. The molecule has 2 N–H and O–H groups in total. The van der Waals surface area contributed by atoms with E-state index in [1.165, 1.54) is 13.4 Å². The molecule has 2 amide bonds. The van der Waals surface area contributed by atoms with Crippen molar-refractivity contribution in [3.63, 3.8) is 0 Å². The van der Waals surface area contributed by atoms with Gasteiger partial charge in [0.2, 0.25) is 5.88 Å². The molecule has 4 aromatic carbocycles. The maximum atomic E-state index is 13.5. The highest BCUT2D eigenvalue weighted by Gasteiger charge is 2.26. The Kier molecular flexibility index (Phi) is 14.9. The largest absolute Gasteiger partial charge is 0.497 e. The van der Waals surface area contributed by atoms with Gasteiger partial charge in [-0.05, 0) is 66.3 Å². The first-order valence-corrected chi connectivity index (χ1v) is 21.2. The Morgan fingerprint density at radius 2 is 1.42 bits per heavy atom. The molecule has 0 aliphatic rings. The molecular formula is C43H53N4O9P. The summed E-state index contributed by atoms with van der Waals surface area (Å²) in [6, 6.07) is 21.9. The molecule has 0 radical (unpaired) electrons. The Morgan fingerprint density at radius 3 is 2.11 bits per heavy atom. The third kappa shape index (κ3) is 12.1. The lowest BCUT2D eigenvalue weighted by Crippen LogP contribution is -2.23. The second kappa shape index (κ2) is 19.8. The van der Waals surface area contributed by atoms with Gasteiger partial charge in [0.15, 0.2) is 5.75 Å². The van der Waals surface area contributed by atoms with Crippen LogP contribution in [0.3, 0.4) is 0 Å². The molecule has 1 aromatic heterocycles. The first-order valence-electron chi connectivity index (χ1n) is 18.6. The minimum absolute atomic E-state index is 0.260. The first-order chi connectivity index (χ1) is 27.3. The number of hydrogen-bond donors (Lipinski definition) is 2. The van der Waals surface area contributed by atoms with Gasteiger partial charge in [-0.1, -0.05) is 45.0 Å². The minimum atomic E-state index is -2.75. The molecule has 0 atom stereocenters. The Morgan fingerprint density at radius 1 is 0.737 bits per heavy atom. The number of fused-ring (bicyclic) bond motifs is 1. The lowest BCUT2D eigenvalue weighted by atomic mass is 9.86. The number of nitrogens with one attached hydrogen (secondary N) is 2. The van der Waals surface area contributed by atoms with Gasteiger partial charge in [-0.15, -0.1) is 0 Å². The summed E-state index contributed by atoms with van der Waals surface area (Å²) in [7, 11) is 2.01. The Balaban J connectivity index is 1.28. The number of urea groups is 1. The number of benzene rings is 4. The lowest BCUT2D eigenvalue weighted by Gasteiger charge is -2.25. The molecule has 0 saturated heterocycles. The van der Waals surface area contributed by atoms with Gasteiger partial charge in [-0.2, -0.15) is 0 Å². The van der Waals surface area contributed by atoms with Crippen molar-refractivity contribution in [3.05, 3.63) is 95.9 Å². The van der Waals surface area contributed by atoms with E-state index in [2.05, 4.69) is 41.4 Å². The van der Waals surface area contributed by atoms with Gasteiger partial charge in [0.05, 0.1) is 69.6 Å². The van der Waals surface area contributed by atoms with Crippen LogP contribution in [0.15, 0.2) is 79.1 Å². The highest BCUT2D eigenvalue weighted by Crippen LogP contribution is 2.43. The van der Waals surface area contributed by atoms with E-state index in [0.717, 1.165) is 27.6 Å². The highest BCUT2D eigenvalue weighted by atomic mass is 31.2. The predicted octanol–water partition coefficient (Wildman–Crippen LogP) is 8.28. The number of amides is 2. The normalized spacial score (nSPS) is 11.6. The fraction of sp³-hybridized carbons (Fsp3) is 0.372. The number of ether oxygens (including phenoxy) is 7. The van der Waals surface area contributed by atoms with Gasteiger partial charge < -0.3 is 48.4 Å². The van der Waals surface area contributed by atoms with E-state index < -0.39 is 13.2 Å². The van der Waals surface area contributed by atoms with Crippen LogP contribution in [-0.4, -0.2) is 90.3 Å². The maximum Gasteiger partial charge on any atom is 0.323 e. The molecule has 1 heterocycles. The molecule has 0 unspecified atom stereocenters. The molecule has 0 aliphatic heterocycles. The summed E-state index contributed by atoms with van der Waals surface area (Å²) in [6.45, 7) is 12.4. The summed E-state index contributed by atoms with van der Waals surface area (Å²) < 4.78 is 52.8. The van der Waals surface area contributed by atoms with Crippen LogP contribution in [0, 0.1) is 0 Å². The van der Waals surface area contributed by atoms with Crippen LogP contribution in [0.4, 0.5) is 16.2 Å². The van der Waals surface area contributed by atoms with Crippen LogP contribution in [0.25, 0.3) is 10.8 Å². The van der Waals surface area contributed by atoms with E-state index in [0.29, 0.717) is 91.6 Å². The van der Waals surface area contributed by atoms with Crippen LogP contribution >= 0.6 is 7.14 Å². The number of rotatable bonds is 19. The number of carbonyl (C=O) groups is 1. The van der Waals surface area contributed by atoms with Crippen molar-refractivity contribution < 1.29 is 42.5 Å². The van der Waals surface area contributed by atoms with Crippen molar-refractivity contribution in [2.45, 2.75) is 32.6 Å². The smallest absolute Gasteiger partial charge is 0.323 e. The van der Waals surface area contributed by atoms with Gasteiger partial charge in [-0.3, -0.25) is 0 Å². The fourth-order valence-electron chi connectivity index (χ4n) is 5.97. The van der Waals surface area contributed by atoms with Crippen LogP contribution in [0.2, 0.25) is 0 Å². The summed E-state index contributed by atoms with van der Waals surface area (Å²) >= 11 is 0. The summed E-state index contributed by atoms with van der Waals surface area (Å²) in [4.78, 5) is 22.4. The fourth-order valence-corrected chi connectivity index (χ4v) is 7.12.